The minimum atomic E-state index is -0.389. The van der Waals surface area contributed by atoms with Crippen LogP contribution in [0.2, 0.25) is 0 Å². The minimum Gasteiger partial charge on any atom is -0.368 e. The Hall–Kier alpha value is -1.00. The minimum absolute atomic E-state index is 0.389. The number of nitrogens with zero attached hydrogens (tertiary/aromatic N) is 2. The SMILES string of the molecule is CCOC(C)(CC)c1nc(C)c(CC(C)CNC)c(C)n1. The second-order valence-corrected chi connectivity index (χ2v) is 6.08. The molecule has 0 saturated carbocycles. The van der Waals surface area contributed by atoms with Crippen molar-refractivity contribution in [2.24, 2.45) is 5.92 Å². The maximum absolute atomic E-state index is 5.90. The molecular formula is C17H31N3O. The van der Waals surface area contributed by atoms with E-state index in [1.807, 2.05) is 14.0 Å². The third-order valence-electron chi connectivity index (χ3n) is 4.14. The van der Waals surface area contributed by atoms with Gasteiger partial charge in [0.2, 0.25) is 0 Å². The van der Waals surface area contributed by atoms with Gasteiger partial charge in [0.25, 0.3) is 0 Å². The van der Waals surface area contributed by atoms with Gasteiger partial charge in [-0.2, -0.15) is 0 Å². The van der Waals surface area contributed by atoms with Crippen molar-refractivity contribution in [2.45, 2.75) is 60.0 Å². The fourth-order valence-corrected chi connectivity index (χ4v) is 2.68. The van der Waals surface area contributed by atoms with Crippen LogP contribution in [0.25, 0.3) is 0 Å². The van der Waals surface area contributed by atoms with Crippen molar-refractivity contribution in [3.8, 4) is 0 Å². The van der Waals surface area contributed by atoms with Gasteiger partial charge >= 0.3 is 0 Å². The first-order valence-corrected chi connectivity index (χ1v) is 8.01. The molecule has 120 valence electrons. The second kappa shape index (κ2) is 7.85. The molecule has 0 radical (unpaired) electrons. The molecule has 0 aromatic carbocycles. The van der Waals surface area contributed by atoms with E-state index < -0.39 is 0 Å². The van der Waals surface area contributed by atoms with Gasteiger partial charge in [0.05, 0.1) is 0 Å². The molecule has 0 aliphatic heterocycles. The first-order chi connectivity index (χ1) is 9.87. The van der Waals surface area contributed by atoms with Crippen molar-refractivity contribution in [3.63, 3.8) is 0 Å². The van der Waals surface area contributed by atoms with E-state index in [-0.39, 0.29) is 5.60 Å². The van der Waals surface area contributed by atoms with Crippen molar-refractivity contribution in [3.05, 3.63) is 22.8 Å². The third-order valence-corrected chi connectivity index (χ3v) is 4.14. The standard InChI is InChI=1S/C17H31N3O/c1-8-17(6,21-9-2)16-19-13(4)15(14(5)20-16)10-12(3)11-18-7/h12,18H,8-11H2,1-7H3. The Labute approximate surface area is 129 Å². The average molecular weight is 293 g/mol. The van der Waals surface area contributed by atoms with Crippen LogP contribution in [0.3, 0.4) is 0 Å². The summed E-state index contributed by atoms with van der Waals surface area (Å²) < 4.78 is 5.90. The van der Waals surface area contributed by atoms with Crippen LogP contribution in [-0.2, 0) is 16.8 Å². The van der Waals surface area contributed by atoms with Crippen LogP contribution in [0.1, 0.15) is 56.9 Å². The van der Waals surface area contributed by atoms with Crippen LogP contribution in [0.15, 0.2) is 0 Å². The van der Waals surface area contributed by atoms with Crippen LogP contribution in [0, 0.1) is 19.8 Å². The Balaban J connectivity index is 3.09. The molecule has 2 atom stereocenters. The number of aromatic nitrogens is 2. The summed E-state index contributed by atoms with van der Waals surface area (Å²) in [4.78, 5) is 9.50. The first kappa shape index (κ1) is 18.1. The molecule has 1 heterocycles. The van der Waals surface area contributed by atoms with Crippen molar-refractivity contribution >= 4 is 0 Å². The highest BCUT2D eigenvalue weighted by Gasteiger charge is 2.29. The molecule has 0 aliphatic rings. The molecule has 1 aromatic rings. The molecule has 21 heavy (non-hydrogen) atoms. The zero-order chi connectivity index (χ0) is 16.0. The van der Waals surface area contributed by atoms with E-state index in [1.165, 1.54) is 5.56 Å². The normalized spacial score (nSPS) is 15.8. The number of nitrogens with one attached hydrogen (secondary N) is 1. The van der Waals surface area contributed by atoms with Gasteiger partial charge in [-0.3, -0.25) is 0 Å². The van der Waals surface area contributed by atoms with Gasteiger partial charge in [-0.1, -0.05) is 13.8 Å². The van der Waals surface area contributed by atoms with E-state index in [0.717, 1.165) is 36.6 Å². The van der Waals surface area contributed by atoms with Gasteiger partial charge in [0, 0.05) is 18.0 Å². The Kier molecular flexibility index (Phi) is 6.75. The summed E-state index contributed by atoms with van der Waals surface area (Å²) in [6.07, 6.45) is 1.88. The lowest BCUT2D eigenvalue weighted by Crippen LogP contribution is -2.29. The molecule has 4 nitrogen and oxygen atoms in total. The summed E-state index contributed by atoms with van der Waals surface area (Å²) in [6, 6.07) is 0. The zero-order valence-corrected chi connectivity index (χ0v) is 14.7. The fourth-order valence-electron chi connectivity index (χ4n) is 2.68. The number of hydrogen-bond acceptors (Lipinski definition) is 4. The van der Waals surface area contributed by atoms with Gasteiger partial charge in [-0.25, -0.2) is 9.97 Å². The van der Waals surface area contributed by atoms with Crippen LogP contribution >= 0.6 is 0 Å². The molecule has 4 heteroatoms. The topological polar surface area (TPSA) is 47.0 Å². The Morgan fingerprint density at radius 2 is 1.76 bits per heavy atom. The average Bonchev–Trinajstić information content (AvgIpc) is 2.43. The van der Waals surface area contributed by atoms with Crippen molar-refractivity contribution in [1.82, 2.24) is 15.3 Å². The quantitative estimate of drug-likeness (QED) is 0.800. The highest BCUT2D eigenvalue weighted by atomic mass is 16.5. The summed E-state index contributed by atoms with van der Waals surface area (Å²) in [5.41, 5.74) is 3.05. The van der Waals surface area contributed by atoms with E-state index >= 15 is 0 Å². The third kappa shape index (κ3) is 4.48. The lowest BCUT2D eigenvalue weighted by Gasteiger charge is -2.28. The maximum atomic E-state index is 5.90. The van der Waals surface area contributed by atoms with Crippen LogP contribution < -0.4 is 5.32 Å². The van der Waals surface area contributed by atoms with Crippen LogP contribution in [0.4, 0.5) is 0 Å². The number of hydrogen-bond donors (Lipinski definition) is 1. The molecule has 2 unspecified atom stereocenters. The van der Waals surface area contributed by atoms with Gasteiger partial charge in [0.1, 0.15) is 5.60 Å². The Bertz CT molecular complexity index is 438. The lowest BCUT2D eigenvalue weighted by atomic mass is 9.97. The summed E-state index contributed by atoms with van der Waals surface area (Å²) >= 11 is 0. The Morgan fingerprint density at radius 3 is 2.19 bits per heavy atom. The number of ether oxygens (including phenoxy) is 1. The molecule has 1 rings (SSSR count). The smallest absolute Gasteiger partial charge is 0.160 e. The highest BCUT2D eigenvalue weighted by molar-refractivity contribution is 5.26. The van der Waals surface area contributed by atoms with Crippen molar-refractivity contribution in [2.75, 3.05) is 20.2 Å². The molecule has 0 fully saturated rings. The van der Waals surface area contributed by atoms with E-state index in [9.17, 15) is 0 Å². The van der Waals surface area contributed by atoms with E-state index in [0.29, 0.717) is 12.5 Å². The fraction of sp³-hybridized carbons (Fsp3) is 0.765. The predicted molar refractivity (Wildman–Crippen MR) is 87.6 cm³/mol. The van der Waals surface area contributed by atoms with Gasteiger partial charge in [-0.05, 0) is 65.6 Å². The summed E-state index contributed by atoms with van der Waals surface area (Å²) in [7, 11) is 1.99. The summed E-state index contributed by atoms with van der Waals surface area (Å²) in [6.45, 7) is 14.3. The predicted octanol–water partition coefficient (Wildman–Crippen LogP) is 3.15. The van der Waals surface area contributed by atoms with E-state index in [4.69, 9.17) is 14.7 Å². The molecule has 1 aromatic heterocycles. The molecule has 0 amide bonds. The van der Waals surface area contributed by atoms with Gasteiger partial charge in [-0.15, -0.1) is 0 Å². The van der Waals surface area contributed by atoms with Gasteiger partial charge < -0.3 is 10.1 Å². The first-order valence-electron chi connectivity index (χ1n) is 8.01. The maximum Gasteiger partial charge on any atom is 0.160 e. The molecule has 1 N–H and O–H groups in total. The molecule has 0 spiro atoms. The van der Waals surface area contributed by atoms with E-state index in [1.54, 1.807) is 0 Å². The monoisotopic (exact) mass is 293 g/mol. The van der Waals surface area contributed by atoms with Crippen molar-refractivity contribution < 1.29 is 4.74 Å². The summed E-state index contributed by atoms with van der Waals surface area (Å²) in [5.74, 6) is 1.39. The molecule has 0 aliphatic carbocycles. The van der Waals surface area contributed by atoms with Crippen LogP contribution in [0.5, 0.6) is 0 Å². The van der Waals surface area contributed by atoms with Crippen molar-refractivity contribution in [1.29, 1.82) is 0 Å². The summed E-state index contributed by atoms with van der Waals surface area (Å²) in [5, 5.41) is 3.23. The van der Waals surface area contributed by atoms with Gasteiger partial charge in [0.15, 0.2) is 5.82 Å². The molecule has 0 bridgehead atoms. The molecule has 0 saturated heterocycles. The number of aryl methyl sites for hydroxylation is 2. The van der Waals surface area contributed by atoms with Crippen LogP contribution in [-0.4, -0.2) is 30.2 Å². The largest absolute Gasteiger partial charge is 0.368 e. The highest BCUT2D eigenvalue weighted by Crippen LogP contribution is 2.28. The second-order valence-electron chi connectivity index (χ2n) is 6.08. The zero-order valence-electron chi connectivity index (χ0n) is 14.7. The van der Waals surface area contributed by atoms with E-state index in [2.05, 4.69) is 39.9 Å². The lowest BCUT2D eigenvalue weighted by molar-refractivity contribution is -0.0393. The molecular weight excluding hydrogens is 262 g/mol. The Morgan fingerprint density at radius 1 is 1.19 bits per heavy atom. The number of rotatable bonds is 8.